The number of anilines is 1. The third kappa shape index (κ3) is 4.67. The van der Waals surface area contributed by atoms with Crippen LogP contribution in [0, 0.1) is 0 Å². The van der Waals surface area contributed by atoms with Crippen molar-refractivity contribution in [3.8, 4) is 5.75 Å². The molecule has 0 bridgehead atoms. The van der Waals surface area contributed by atoms with E-state index < -0.39 is 16.1 Å². The predicted molar refractivity (Wildman–Crippen MR) is 115 cm³/mol. The number of nitrogens with zero attached hydrogens (tertiary/aromatic N) is 1. The van der Waals surface area contributed by atoms with E-state index in [0.29, 0.717) is 11.4 Å². The van der Waals surface area contributed by atoms with E-state index in [2.05, 4.69) is 11.4 Å². The average Bonchev–Trinajstić information content (AvgIpc) is 2.67. The molecule has 6 nitrogen and oxygen atoms in total. The molecule has 0 spiro atoms. The summed E-state index contributed by atoms with van der Waals surface area (Å²) in [7, 11) is -2.25. The summed E-state index contributed by atoms with van der Waals surface area (Å²) in [6.07, 6.45) is 3.85. The number of sulfonamides is 1. The Morgan fingerprint density at radius 2 is 2.00 bits per heavy atom. The lowest BCUT2D eigenvalue weighted by Crippen LogP contribution is -2.49. The number of nitrogens with one attached hydrogen (secondary N) is 1. The predicted octanol–water partition coefficient (Wildman–Crippen LogP) is 3.70. The normalized spacial score (nSPS) is 17.2. The quantitative estimate of drug-likeness (QED) is 0.749. The van der Waals surface area contributed by atoms with Crippen LogP contribution in [-0.4, -0.2) is 33.7 Å². The monoisotopic (exact) mass is 436 g/mol. The Morgan fingerprint density at radius 3 is 2.66 bits per heavy atom. The fourth-order valence-electron chi connectivity index (χ4n) is 3.80. The van der Waals surface area contributed by atoms with Gasteiger partial charge in [-0.05, 0) is 55.5 Å². The molecule has 156 valence electrons. The van der Waals surface area contributed by atoms with Crippen molar-refractivity contribution in [3.05, 3.63) is 58.6 Å². The molecule has 0 aliphatic heterocycles. The number of hydrogen-bond acceptors (Lipinski definition) is 4. The third-order valence-corrected chi connectivity index (χ3v) is 6.70. The molecule has 0 radical (unpaired) electrons. The van der Waals surface area contributed by atoms with Gasteiger partial charge in [0.05, 0.1) is 30.1 Å². The Balaban J connectivity index is 1.86. The fourth-order valence-corrected chi connectivity index (χ4v) is 5.22. The lowest BCUT2D eigenvalue weighted by atomic mass is 9.87. The van der Waals surface area contributed by atoms with Crippen molar-refractivity contribution < 1.29 is 17.9 Å². The van der Waals surface area contributed by atoms with Crippen LogP contribution in [0.1, 0.15) is 36.9 Å². The second-order valence-corrected chi connectivity index (χ2v) is 9.47. The average molecular weight is 437 g/mol. The summed E-state index contributed by atoms with van der Waals surface area (Å²) in [5.74, 6) is 0.0730. The second-order valence-electron chi connectivity index (χ2n) is 7.21. The number of benzene rings is 2. The maximum Gasteiger partial charge on any atom is 0.244 e. The van der Waals surface area contributed by atoms with E-state index in [1.54, 1.807) is 19.1 Å². The van der Waals surface area contributed by atoms with Crippen molar-refractivity contribution in [2.75, 3.05) is 17.7 Å². The highest BCUT2D eigenvalue weighted by Gasteiger charge is 2.31. The zero-order valence-corrected chi connectivity index (χ0v) is 18.3. The molecule has 0 unspecified atom stereocenters. The van der Waals surface area contributed by atoms with E-state index in [1.807, 2.05) is 18.2 Å². The maximum atomic E-state index is 13.0. The number of hydrogen-bond donors (Lipinski definition) is 1. The number of amides is 1. The van der Waals surface area contributed by atoms with Crippen LogP contribution in [-0.2, 0) is 21.2 Å². The molecule has 2 aromatic rings. The number of ether oxygens (including phenoxy) is 1. The number of carbonyl (C=O) groups excluding carboxylic acids is 1. The fraction of sp³-hybridized carbons (Fsp3) is 0.381. The molecule has 29 heavy (non-hydrogen) atoms. The molecule has 0 fully saturated rings. The molecule has 1 N–H and O–H groups in total. The first kappa shape index (κ1) is 21.5. The molecule has 1 aliphatic rings. The van der Waals surface area contributed by atoms with Crippen molar-refractivity contribution in [1.82, 2.24) is 5.32 Å². The highest BCUT2D eigenvalue weighted by Crippen LogP contribution is 2.32. The molecule has 0 saturated heterocycles. The summed E-state index contributed by atoms with van der Waals surface area (Å²) < 4.78 is 31.2. The number of rotatable bonds is 6. The molecule has 0 saturated carbocycles. The van der Waals surface area contributed by atoms with Crippen LogP contribution in [0.3, 0.4) is 0 Å². The topological polar surface area (TPSA) is 75.7 Å². The van der Waals surface area contributed by atoms with E-state index in [9.17, 15) is 13.2 Å². The number of methoxy groups -OCH3 is 1. The first-order chi connectivity index (χ1) is 13.7. The van der Waals surface area contributed by atoms with Crippen molar-refractivity contribution in [2.45, 2.75) is 38.3 Å². The zero-order chi connectivity index (χ0) is 21.2. The van der Waals surface area contributed by atoms with Crippen molar-refractivity contribution in [2.24, 2.45) is 0 Å². The Hall–Kier alpha value is -2.25. The van der Waals surface area contributed by atoms with Crippen LogP contribution < -0.4 is 14.4 Å². The molecule has 1 amide bonds. The number of carbonyl (C=O) groups is 1. The van der Waals surface area contributed by atoms with Gasteiger partial charge in [0.1, 0.15) is 11.8 Å². The lowest BCUT2D eigenvalue weighted by molar-refractivity contribution is -0.122. The SMILES string of the molecule is COc1ccc(N([C@@H](C)C(=O)N[C@@H]2CCCc3ccccc32)S(C)(=O)=O)cc1Cl. The first-order valence-electron chi connectivity index (χ1n) is 9.43. The minimum absolute atomic E-state index is 0.129. The highest BCUT2D eigenvalue weighted by molar-refractivity contribution is 7.92. The van der Waals surface area contributed by atoms with Crippen LogP contribution in [0.4, 0.5) is 5.69 Å². The van der Waals surface area contributed by atoms with Gasteiger partial charge in [0.25, 0.3) is 0 Å². The van der Waals surface area contributed by atoms with Gasteiger partial charge in [-0.3, -0.25) is 9.10 Å². The molecule has 1 aliphatic carbocycles. The summed E-state index contributed by atoms with van der Waals surface area (Å²) in [6, 6.07) is 11.6. The molecule has 0 heterocycles. The van der Waals surface area contributed by atoms with Gasteiger partial charge in [-0.2, -0.15) is 0 Å². The first-order valence-corrected chi connectivity index (χ1v) is 11.7. The Labute approximate surface area is 176 Å². The Bertz CT molecular complexity index is 1010. The van der Waals surface area contributed by atoms with Gasteiger partial charge >= 0.3 is 0 Å². The summed E-state index contributed by atoms with van der Waals surface area (Å²) in [6.45, 7) is 1.57. The molecule has 8 heteroatoms. The highest BCUT2D eigenvalue weighted by atomic mass is 35.5. The summed E-state index contributed by atoms with van der Waals surface area (Å²) in [5, 5.41) is 3.30. The van der Waals surface area contributed by atoms with E-state index in [4.69, 9.17) is 16.3 Å². The number of fused-ring (bicyclic) bond motifs is 1. The van der Waals surface area contributed by atoms with E-state index in [0.717, 1.165) is 35.4 Å². The summed E-state index contributed by atoms with van der Waals surface area (Å²) >= 11 is 6.17. The van der Waals surface area contributed by atoms with Crippen molar-refractivity contribution in [1.29, 1.82) is 0 Å². The van der Waals surface area contributed by atoms with Gasteiger partial charge < -0.3 is 10.1 Å². The molecule has 2 aromatic carbocycles. The van der Waals surface area contributed by atoms with Crippen LogP contribution in [0.2, 0.25) is 5.02 Å². The standard InChI is InChI=1S/C21H25ClN2O4S/c1-14(21(25)23-19-10-6-8-15-7-4-5-9-17(15)19)24(29(3,26)27)16-11-12-20(28-2)18(22)13-16/h4-5,7,9,11-14,19H,6,8,10H2,1-3H3,(H,23,25)/t14-,19+/m0/s1. The smallest absolute Gasteiger partial charge is 0.244 e. The molecular weight excluding hydrogens is 412 g/mol. The van der Waals surface area contributed by atoms with Gasteiger partial charge in [0.2, 0.25) is 15.9 Å². The minimum atomic E-state index is -3.73. The second kappa shape index (κ2) is 8.63. The van der Waals surface area contributed by atoms with E-state index >= 15 is 0 Å². The Morgan fingerprint density at radius 1 is 1.28 bits per heavy atom. The van der Waals surface area contributed by atoms with Crippen LogP contribution >= 0.6 is 11.6 Å². The van der Waals surface area contributed by atoms with Gasteiger partial charge in [-0.25, -0.2) is 8.42 Å². The van der Waals surface area contributed by atoms with Crippen LogP contribution in [0.15, 0.2) is 42.5 Å². The van der Waals surface area contributed by atoms with Gasteiger partial charge in [0, 0.05) is 0 Å². The van der Waals surface area contributed by atoms with Gasteiger partial charge in [-0.1, -0.05) is 35.9 Å². The van der Waals surface area contributed by atoms with Crippen LogP contribution in [0.25, 0.3) is 0 Å². The molecular formula is C21H25ClN2O4S. The number of halogens is 1. The molecule has 3 rings (SSSR count). The van der Waals surface area contributed by atoms with E-state index in [1.165, 1.54) is 18.7 Å². The van der Waals surface area contributed by atoms with Gasteiger partial charge in [-0.15, -0.1) is 0 Å². The minimum Gasteiger partial charge on any atom is -0.495 e. The lowest BCUT2D eigenvalue weighted by Gasteiger charge is -2.32. The van der Waals surface area contributed by atoms with Crippen LogP contribution in [0.5, 0.6) is 5.75 Å². The zero-order valence-electron chi connectivity index (χ0n) is 16.7. The largest absolute Gasteiger partial charge is 0.495 e. The summed E-state index contributed by atoms with van der Waals surface area (Å²) in [4.78, 5) is 13.0. The third-order valence-electron chi connectivity index (χ3n) is 5.16. The number of aryl methyl sites for hydroxylation is 1. The van der Waals surface area contributed by atoms with Gasteiger partial charge in [0.15, 0.2) is 0 Å². The molecule has 0 aromatic heterocycles. The van der Waals surface area contributed by atoms with Crippen molar-refractivity contribution in [3.63, 3.8) is 0 Å². The maximum absolute atomic E-state index is 13.0. The van der Waals surface area contributed by atoms with Crippen molar-refractivity contribution >= 4 is 33.2 Å². The molecule has 2 atom stereocenters. The van der Waals surface area contributed by atoms with E-state index in [-0.39, 0.29) is 17.0 Å². The summed E-state index contributed by atoms with van der Waals surface area (Å²) in [5.41, 5.74) is 2.63. The Kier molecular flexibility index (Phi) is 6.39.